The summed E-state index contributed by atoms with van der Waals surface area (Å²) in [5.41, 5.74) is 2.55. The molecule has 1 saturated heterocycles. The molecule has 1 aliphatic rings. The van der Waals surface area contributed by atoms with Gasteiger partial charge >= 0.3 is 0 Å². The van der Waals surface area contributed by atoms with Crippen molar-refractivity contribution < 1.29 is 14.8 Å². The minimum Gasteiger partial charge on any atom is -0.543 e. The summed E-state index contributed by atoms with van der Waals surface area (Å²) in [6, 6.07) is 3.86. The van der Waals surface area contributed by atoms with Gasteiger partial charge in [-0.3, -0.25) is 4.40 Å². The molecule has 0 atom stereocenters. The largest absolute Gasteiger partial charge is 0.543 e. The standard InChI is InChI=1S/C14H17N3O2/c1-10-5-4-8-17-11(9-16-6-2-3-7-16)12(14(18)19)15-13(10)17/h4-5,8H,2-3,6-7,9H2,1H3,(H,18,19). The predicted octanol–water partition coefficient (Wildman–Crippen LogP) is -0.815. The first-order chi connectivity index (χ1) is 9.16. The summed E-state index contributed by atoms with van der Waals surface area (Å²) in [6.07, 6.45) is 4.31. The molecule has 0 bridgehead atoms. The molecule has 0 radical (unpaired) electrons. The highest BCUT2D eigenvalue weighted by atomic mass is 16.4. The maximum absolute atomic E-state index is 11.3. The predicted molar refractivity (Wildman–Crippen MR) is 67.9 cm³/mol. The van der Waals surface area contributed by atoms with Crippen LogP contribution in [0.4, 0.5) is 0 Å². The van der Waals surface area contributed by atoms with Crippen molar-refractivity contribution in [1.82, 2.24) is 9.38 Å². The van der Waals surface area contributed by atoms with E-state index in [9.17, 15) is 9.90 Å². The average molecular weight is 259 g/mol. The molecule has 2 aromatic heterocycles. The summed E-state index contributed by atoms with van der Waals surface area (Å²) in [7, 11) is 0. The van der Waals surface area contributed by atoms with Crippen molar-refractivity contribution in [2.75, 3.05) is 13.1 Å². The van der Waals surface area contributed by atoms with Gasteiger partial charge in [0.2, 0.25) is 0 Å². The Hall–Kier alpha value is -1.88. The first kappa shape index (κ1) is 12.2. The molecule has 1 fully saturated rings. The van der Waals surface area contributed by atoms with Crippen molar-refractivity contribution in [2.24, 2.45) is 0 Å². The molecule has 0 aromatic carbocycles. The van der Waals surface area contributed by atoms with E-state index in [0.717, 1.165) is 30.0 Å². The number of hydrogen-bond donors (Lipinski definition) is 1. The lowest BCUT2D eigenvalue weighted by Crippen LogP contribution is -3.08. The van der Waals surface area contributed by atoms with Gasteiger partial charge in [-0.1, -0.05) is 6.07 Å². The Morgan fingerprint density at radius 1 is 1.47 bits per heavy atom. The van der Waals surface area contributed by atoms with Crippen LogP contribution in [-0.4, -0.2) is 28.4 Å². The summed E-state index contributed by atoms with van der Waals surface area (Å²) in [4.78, 5) is 16.9. The number of carboxylic acids is 1. The minimum atomic E-state index is -1.18. The fourth-order valence-electron chi connectivity index (χ4n) is 2.87. The number of carbonyl (C=O) groups excluding carboxylic acids is 1. The number of likely N-dealkylation sites (tertiary alicyclic amines) is 1. The molecule has 0 spiro atoms. The van der Waals surface area contributed by atoms with Gasteiger partial charge in [-0.05, 0) is 18.6 Å². The van der Waals surface area contributed by atoms with Crippen LogP contribution in [0.5, 0.6) is 0 Å². The van der Waals surface area contributed by atoms with Crippen LogP contribution in [0, 0.1) is 6.92 Å². The van der Waals surface area contributed by atoms with E-state index < -0.39 is 5.97 Å². The fourth-order valence-corrected chi connectivity index (χ4v) is 2.87. The van der Waals surface area contributed by atoms with Gasteiger partial charge in [-0.15, -0.1) is 0 Å². The van der Waals surface area contributed by atoms with Crippen molar-refractivity contribution in [1.29, 1.82) is 0 Å². The van der Waals surface area contributed by atoms with Gasteiger partial charge in [0, 0.05) is 19.0 Å². The van der Waals surface area contributed by atoms with Crippen LogP contribution in [0.2, 0.25) is 0 Å². The molecule has 5 nitrogen and oxygen atoms in total. The molecule has 1 aliphatic heterocycles. The van der Waals surface area contributed by atoms with Gasteiger partial charge in [0.05, 0.1) is 19.1 Å². The Labute approximate surface area is 111 Å². The summed E-state index contributed by atoms with van der Waals surface area (Å²) < 4.78 is 1.89. The van der Waals surface area contributed by atoms with Gasteiger partial charge < -0.3 is 14.8 Å². The number of aryl methyl sites for hydroxylation is 1. The third-order valence-corrected chi connectivity index (χ3v) is 3.87. The van der Waals surface area contributed by atoms with E-state index in [2.05, 4.69) is 4.98 Å². The number of nitrogens with zero attached hydrogens (tertiary/aromatic N) is 2. The lowest BCUT2D eigenvalue weighted by atomic mass is 10.3. The normalized spacial score (nSPS) is 16.3. The van der Waals surface area contributed by atoms with Crippen LogP contribution in [0.15, 0.2) is 18.3 Å². The Morgan fingerprint density at radius 2 is 2.21 bits per heavy atom. The number of hydrogen-bond acceptors (Lipinski definition) is 3. The molecular formula is C14H17N3O2. The number of imidazole rings is 1. The molecule has 0 amide bonds. The lowest BCUT2D eigenvalue weighted by molar-refractivity contribution is -0.901. The highest BCUT2D eigenvalue weighted by molar-refractivity contribution is 5.86. The summed E-state index contributed by atoms with van der Waals surface area (Å²) in [5, 5.41) is 11.3. The first-order valence-corrected chi connectivity index (χ1v) is 6.68. The number of quaternary nitrogens is 1. The maximum atomic E-state index is 11.3. The third kappa shape index (κ3) is 2.10. The monoisotopic (exact) mass is 259 g/mol. The van der Waals surface area contributed by atoms with Crippen LogP contribution in [0.25, 0.3) is 5.65 Å². The Bertz CT molecular complexity index is 627. The maximum Gasteiger partial charge on any atom is 0.140 e. The number of aromatic nitrogens is 2. The van der Waals surface area contributed by atoms with E-state index in [-0.39, 0.29) is 5.69 Å². The summed E-state index contributed by atoms with van der Waals surface area (Å²) >= 11 is 0. The smallest absolute Gasteiger partial charge is 0.140 e. The van der Waals surface area contributed by atoms with Crippen LogP contribution in [0.3, 0.4) is 0 Å². The van der Waals surface area contributed by atoms with Crippen LogP contribution in [0.1, 0.15) is 34.6 Å². The molecule has 0 unspecified atom stereocenters. The van der Waals surface area contributed by atoms with Crippen molar-refractivity contribution in [3.05, 3.63) is 35.3 Å². The number of rotatable bonds is 3. The van der Waals surface area contributed by atoms with Gasteiger partial charge in [0.25, 0.3) is 0 Å². The summed E-state index contributed by atoms with van der Waals surface area (Å²) in [5.74, 6) is -1.18. The van der Waals surface area contributed by atoms with E-state index in [1.165, 1.54) is 17.7 Å². The summed E-state index contributed by atoms with van der Waals surface area (Å²) in [6.45, 7) is 4.85. The SMILES string of the molecule is Cc1cccn2c(C[NH+]3CCCC3)c(C(=O)[O-])nc12. The van der Waals surface area contributed by atoms with E-state index >= 15 is 0 Å². The fraction of sp³-hybridized carbons (Fsp3) is 0.429. The van der Waals surface area contributed by atoms with Crippen molar-refractivity contribution >= 4 is 11.6 Å². The molecule has 100 valence electrons. The quantitative estimate of drug-likeness (QED) is 0.784. The molecule has 3 rings (SSSR count). The van der Waals surface area contributed by atoms with E-state index in [1.807, 2.05) is 29.7 Å². The first-order valence-electron chi connectivity index (χ1n) is 6.68. The topological polar surface area (TPSA) is 61.9 Å². The van der Waals surface area contributed by atoms with Gasteiger partial charge in [-0.2, -0.15) is 0 Å². The minimum absolute atomic E-state index is 0.0914. The van der Waals surface area contributed by atoms with Crippen molar-refractivity contribution in [2.45, 2.75) is 26.3 Å². The van der Waals surface area contributed by atoms with E-state index in [0.29, 0.717) is 6.54 Å². The number of carboxylic acid groups (broad SMARTS) is 1. The molecule has 5 heteroatoms. The van der Waals surface area contributed by atoms with Crippen LogP contribution < -0.4 is 10.0 Å². The third-order valence-electron chi connectivity index (χ3n) is 3.87. The Morgan fingerprint density at radius 3 is 2.89 bits per heavy atom. The van der Waals surface area contributed by atoms with Crippen molar-refractivity contribution in [3.63, 3.8) is 0 Å². The number of pyridine rings is 1. The second-order valence-corrected chi connectivity index (χ2v) is 5.21. The number of aromatic carboxylic acids is 1. The second-order valence-electron chi connectivity index (χ2n) is 5.21. The molecule has 3 heterocycles. The lowest BCUT2D eigenvalue weighted by Gasteiger charge is -2.13. The average Bonchev–Trinajstić information content (AvgIpc) is 2.99. The molecule has 1 N–H and O–H groups in total. The Balaban J connectivity index is 2.10. The highest BCUT2D eigenvalue weighted by Crippen LogP contribution is 2.15. The van der Waals surface area contributed by atoms with Crippen molar-refractivity contribution in [3.8, 4) is 0 Å². The number of carbonyl (C=O) groups is 1. The molecule has 19 heavy (non-hydrogen) atoms. The van der Waals surface area contributed by atoms with Crippen LogP contribution >= 0.6 is 0 Å². The second kappa shape index (κ2) is 4.66. The zero-order valence-electron chi connectivity index (χ0n) is 11.0. The van der Waals surface area contributed by atoms with E-state index in [1.54, 1.807) is 0 Å². The molecule has 0 saturated carbocycles. The highest BCUT2D eigenvalue weighted by Gasteiger charge is 2.22. The zero-order chi connectivity index (χ0) is 13.4. The number of nitrogens with one attached hydrogen (secondary N) is 1. The number of fused-ring (bicyclic) bond motifs is 1. The van der Waals surface area contributed by atoms with Crippen LogP contribution in [-0.2, 0) is 6.54 Å². The van der Waals surface area contributed by atoms with Gasteiger partial charge in [-0.25, -0.2) is 4.98 Å². The van der Waals surface area contributed by atoms with Gasteiger partial charge in [0.1, 0.15) is 23.6 Å². The molecule has 2 aromatic rings. The molecule has 0 aliphatic carbocycles. The van der Waals surface area contributed by atoms with Gasteiger partial charge in [0.15, 0.2) is 0 Å². The zero-order valence-corrected chi connectivity index (χ0v) is 11.0. The molecular weight excluding hydrogens is 242 g/mol. The Kier molecular flexibility index (Phi) is 2.98. The van der Waals surface area contributed by atoms with E-state index in [4.69, 9.17) is 0 Å².